The summed E-state index contributed by atoms with van der Waals surface area (Å²) in [6.07, 6.45) is 0.194. The number of aryl methyl sites for hydroxylation is 1. The van der Waals surface area contributed by atoms with Gasteiger partial charge in [-0.2, -0.15) is 0 Å². The Balaban J connectivity index is 1.77. The van der Waals surface area contributed by atoms with Crippen molar-refractivity contribution in [2.45, 2.75) is 19.6 Å². The largest absolute Gasteiger partial charge is 0.476 e. The van der Waals surface area contributed by atoms with Gasteiger partial charge < -0.3 is 10.1 Å². The number of sulfonamides is 1. The van der Waals surface area contributed by atoms with Gasteiger partial charge >= 0.3 is 0 Å². The normalized spacial score (nSPS) is 16.6. The molecule has 1 heterocycles. The Morgan fingerprint density at radius 2 is 1.96 bits per heavy atom. The van der Waals surface area contributed by atoms with E-state index in [0.29, 0.717) is 23.0 Å². The number of amides is 1. The van der Waals surface area contributed by atoms with Crippen molar-refractivity contribution in [3.63, 3.8) is 0 Å². The van der Waals surface area contributed by atoms with E-state index in [-0.39, 0.29) is 12.5 Å². The lowest BCUT2D eigenvalue weighted by molar-refractivity contribution is -0.127. The predicted octanol–water partition coefficient (Wildman–Crippen LogP) is 2.49. The number of rotatable bonds is 4. The zero-order valence-corrected chi connectivity index (χ0v) is 16.0. The molecule has 138 valence electrons. The average Bonchev–Trinajstić information content (AvgIpc) is 2.59. The topological polar surface area (TPSA) is 75.7 Å². The van der Waals surface area contributed by atoms with Crippen molar-refractivity contribution in [1.29, 1.82) is 0 Å². The molecule has 0 bridgehead atoms. The van der Waals surface area contributed by atoms with Crippen LogP contribution in [0.4, 0.5) is 5.69 Å². The molecule has 2 aromatic rings. The van der Waals surface area contributed by atoms with E-state index in [1.165, 1.54) is 4.31 Å². The van der Waals surface area contributed by atoms with Crippen molar-refractivity contribution < 1.29 is 17.9 Å². The molecule has 1 amide bonds. The number of fused-ring (bicyclic) bond motifs is 1. The van der Waals surface area contributed by atoms with Gasteiger partial charge in [0, 0.05) is 11.6 Å². The standard InChI is InChI=1S/C18H19ClN2O4S/c1-12-3-8-16-15(9-12)21(26(2,23)24)11-17(25-16)18(22)20-10-13-4-6-14(19)7-5-13/h3-9,17H,10-11H2,1-2H3,(H,20,22). The van der Waals surface area contributed by atoms with Crippen LogP contribution >= 0.6 is 11.6 Å². The van der Waals surface area contributed by atoms with Crippen molar-refractivity contribution in [3.05, 3.63) is 58.6 Å². The van der Waals surface area contributed by atoms with E-state index in [2.05, 4.69) is 5.32 Å². The molecule has 0 radical (unpaired) electrons. The first-order valence-corrected chi connectivity index (χ1v) is 10.2. The van der Waals surface area contributed by atoms with Crippen molar-refractivity contribution >= 4 is 33.2 Å². The Bertz CT molecular complexity index is 929. The Kier molecular flexibility index (Phi) is 5.11. The van der Waals surface area contributed by atoms with Gasteiger partial charge in [0.1, 0.15) is 5.75 Å². The number of nitrogens with one attached hydrogen (secondary N) is 1. The summed E-state index contributed by atoms with van der Waals surface area (Å²) in [6, 6.07) is 12.3. The summed E-state index contributed by atoms with van der Waals surface area (Å²) < 4.78 is 31.3. The van der Waals surface area contributed by atoms with Crippen LogP contribution in [0.5, 0.6) is 5.75 Å². The molecule has 1 unspecified atom stereocenters. The molecule has 0 saturated heterocycles. The third kappa shape index (κ3) is 4.11. The maximum Gasteiger partial charge on any atom is 0.263 e. The first-order valence-electron chi connectivity index (χ1n) is 8.01. The van der Waals surface area contributed by atoms with Gasteiger partial charge in [-0.05, 0) is 42.3 Å². The van der Waals surface area contributed by atoms with Gasteiger partial charge in [-0.3, -0.25) is 9.10 Å². The minimum Gasteiger partial charge on any atom is -0.476 e. The van der Waals surface area contributed by atoms with Gasteiger partial charge in [-0.25, -0.2) is 8.42 Å². The zero-order chi connectivity index (χ0) is 18.9. The highest BCUT2D eigenvalue weighted by Gasteiger charge is 2.34. The Labute approximate surface area is 157 Å². The molecule has 1 atom stereocenters. The molecular weight excluding hydrogens is 376 g/mol. The number of carbonyl (C=O) groups is 1. The first kappa shape index (κ1) is 18.5. The van der Waals surface area contributed by atoms with Crippen molar-refractivity contribution in [3.8, 4) is 5.75 Å². The fourth-order valence-corrected chi connectivity index (χ4v) is 3.75. The monoisotopic (exact) mass is 394 g/mol. The summed E-state index contributed by atoms with van der Waals surface area (Å²) >= 11 is 5.84. The van der Waals surface area contributed by atoms with Crippen LogP contribution in [0.1, 0.15) is 11.1 Å². The van der Waals surface area contributed by atoms with Crippen LogP contribution in [0, 0.1) is 6.92 Å². The van der Waals surface area contributed by atoms with Gasteiger partial charge in [0.2, 0.25) is 10.0 Å². The lowest BCUT2D eigenvalue weighted by atomic mass is 10.1. The summed E-state index contributed by atoms with van der Waals surface area (Å²) in [5.41, 5.74) is 2.25. The van der Waals surface area contributed by atoms with Crippen LogP contribution in [0.15, 0.2) is 42.5 Å². The molecule has 6 nitrogen and oxygen atoms in total. The maximum absolute atomic E-state index is 12.5. The van der Waals surface area contributed by atoms with Crippen LogP contribution in [-0.4, -0.2) is 33.2 Å². The number of ether oxygens (including phenoxy) is 1. The fraction of sp³-hybridized carbons (Fsp3) is 0.278. The Hall–Kier alpha value is -2.25. The van der Waals surface area contributed by atoms with Crippen LogP contribution < -0.4 is 14.4 Å². The van der Waals surface area contributed by atoms with Crippen molar-refractivity contribution in [1.82, 2.24) is 5.32 Å². The summed E-state index contributed by atoms with van der Waals surface area (Å²) in [7, 11) is -3.54. The minimum absolute atomic E-state index is 0.0677. The van der Waals surface area contributed by atoms with Gasteiger partial charge in [-0.1, -0.05) is 29.8 Å². The Morgan fingerprint density at radius 3 is 2.62 bits per heavy atom. The summed E-state index contributed by atoms with van der Waals surface area (Å²) in [5, 5.41) is 3.39. The molecule has 1 aliphatic heterocycles. The Morgan fingerprint density at radius 1 is 1.27 bits per heavy atom. The second kappa shape index (κ2) is 7.17. The van der Waals surface area contributed by atoms with E-state index in [1.54, 1.807) is 24.3 Å². The molecule has 0 saturated carbocycles. The smallest absolute Gasteiger partial charge is 0.263 e. The molecule has 0 aromatic heterocycles. The van der Waals surface area contributed by atoms with Gasteiger partial charge in [0.15, 0.2) is 6.10 Å². The molecule has 1 N–H and O–H groups in total. The highest BCUT2D eigenvalue weighted by Crippen LogP contribution is 2.35. The number of halogens is 1. The number of benzene rings is 2. The average molecular weight is 395 g/mol. The quantitative estimate of drug-likeness (QED) is 0.864. The number of hydrogen-bond donors (Lipinski definition) is 1. The maximum atomic E-state index is 12.5. The molecular formula is C18H19ClN2O4S. The number of anilines is 1. The molecule has 0 aliphatic carbocycles. The summed E-state index contributed by atoms with van der Waals surface area (Å²) in [6.45, 7) is 2.10. The van der Waals surface area contributed by atoms with E-state index < -0.39 is 16.1 Å². The predicted molar refractivity (Wildman–Crippen MR) is 101 cm³/mol. The number of carbonyl (C=O) groups excluding carboxylic acids is 1. The van der Waals surface area contributed by atoms with Crippen molar-refractivity contribution in [2.24, 2.45) is 0 Å². The highest BCUT2D eigenvalue weighted by molar-refractivity contribution is 7.92. The van der Waals surface area contributed by atoms with Gasteiger partial charge in [0.25, 0.3) is 5.91 Å². The number of hydrogen-bond acceptors (Lipinski definition) is 4. The third-order valence-corrected chi connectivity index (χ3v) is 5.46. The van der Waals surface area contributed by atoms with Gasteiger partial charge in [-0.15, -0.1) is 0 Å². The summed E-state index contributed by atoms with van der Waals surface area (Å²) in [4.78, 5) is 12.5. The lowest BCUT2D eigenvalue weighted by Gasteiger charge is -2.34. The van der Waals surface area contributed by atoms with Crippen LogP contribution in [0.3, 0.4) is 0 Å². The minimum atomic E-state index is -3.54. The first-order chi connectivity index (χ1) is 12.2. The molecule has 26 heavy (non-hydrogen) atoms. The van der Waals surface area contributed by atoms with Crippen LogP contribution in [0.25, 0.3) is 0 Å². The van der Waals surface area contributed by atoms with E-state index >= 15 is 0 Å². The third-order valence-electron chi connectivity index (χ3n) is 4.06. The van der Waals surface area contributed by atoms with E-state index in [0.717, 1.165) is 17.4 Å². The highest BCUT2D eigenvalue weighted by atomic mass is 35.5. The van der Waals surface area contributed by atoms with E-state index in [1.807, 2.05) is 25.1 Å². The SMILES string of the molecule is Cc1ccc2c(c1)N(S(C)(=O)=O)CC(C(=O)NCc1ccc(Cl)cc1)O2. The van der Waals surface area contributed by atoms with Crippen LogP contribution in [0.2, 0.25) is 5.02 Å². The van der Waals surface area contributed by atoms with Crippen molar-refractivity contribution in [2.75, 3.05) is 17.1 Å². The zero-order valence-electron chi connectivity index (χ0n) is 14.4. The molecule has 0 spiro atoms. The molecule has 3 rings (SSSR count). The second-order valence-electron chi connectivity index (χ2n) is 6.22. The van der Waals surface area contributed by atoms with E-state index in [4.69, 9.17) is 16.3 Å². The molecule has 8 heteroatoms. The van der Waals surface area contributed by atoms with Gasteiger partial charge in [0.05, 0.1) is 18.5 Å². The number of nitrogens with zero attached hydrogens (tertiary/aromatic N) is 1. The summed E-state index contributed by atoms with van der Waals surface area (Å²) in [5.74, 6) is -0.00116. The fourth-order valence-electron chi connectivity index (χ4n) is 2.72. The van der Waals surface area contributed by atoms with Crippen LogP contribution in [-0.2, 0) is 21.4 Å². The van der Waals surface area contributed by atoms with E-state index in [9.17, 15) is 13.2 Å². The molecule has 1 aliphatic rings. The lowest BCUT2D eigenvalue weighted by Crippen LogP contribution is -2.50. The molecule has 2 aromatic carbocycles. The molecule has 0 fully saturated rings. The second-order valence-corrected chi connectivity index (χ2v) is 8.56.